The minimum atomic E-state index is -0.0380. The number of rotatable bonds is 5. The molecule has 92 valence electrons. The summed E-state index contributed by atoms with van der Waals surface area (Å²) in [4.78, 5) is 0. The van der Waals surface area contributed by atoms with Crippen LogP contribution in [0.5, 0.6) is 5.88 Å². The van der Waals surface area contributed by atoms with Crippen LogP contribution < -0.4 is 10.5 Å². The van der Waals surface area contributed by atoms with Crippen molar-refractivity contribution in [1.82, 2.24) is 9.78 Å². The molecule has 0 aliphatic rings. The molecule has 0 fully saturated rings. The lowest BCUT2D eigenvalue weighted by atomic mass is 9.90. The van der Waals surface area contributed by atoms with E-state index in [9.17, 15) is 0 Å². The van der Waals surface area contributed by atoms with Crippen molar-refractivity contribution in [3.05, 3.63) is 11.3 Å². The first-order valence-corrected chi connectivity index (χ1v) is 5.46. The minimum Gasteiger partial charge on any atom is -0.481 e. The lowest BCUT2D eigenvalue weighted by Crippen LogP contribution is -2.26. The molecule has 1 heterocycles. The van der Waals surface area contributed by atoms with Gasteiger partial charge in [0.05, 0.1) is 12.8 Å². The Kier molecular flexibility index (Phi) is 4.32. The fraction of sp³-hybridized carbons (Fsp3) is 0.727. The summed E-state index contributed by atoms with van der Waals surface area (Å²) < 4.78 is 7.04. The second kappa shape index (κ2) is 5.32. The number of aliphatic hydroxyl groups excluding tert-OH is 1. The van der Waals surface area contributed by atoms with Crippen LogP contribution in [0, 0.1) is 6.92 Å². The average molecular weight is 227 g/mol. The summed E-state index contributed by atoms with van der Waals surface area (Å²) in [5, 5.41) is 13.4. The van der Waals surface area contributed by atoms with Crippen molar-refractivity contribution >= 4 is 0 Å². The molecule has 1 aromatic rings. The lowest BCUT2D eigenvalue weighted by Gasteiger charge is -2.20. The van der Waals surface area contributed by atoms with Crippen molar-refractivity contribution in [2.75, 3.05) is 13.7 Å². The van der Waals surface area contributed by atoms with Gasteiger partial charge in [-0.15, -0.1) is 0 Å². The first-order chi connectivity index (χ1) is 7.52. The molecular formula is C11H21N3O2. The van der Waals surface area contributed by atoms with E-state index in [4.69, 9.17) is 15.6 Å². The predicted octanol–water partition coefficient (Wildman–Crippen LogP) is 0.550. The van der Waals surface area contributed by atoms with Crippen molar-refractivity contribution < 1.29 is 9.84 Å². The number of hydrogen-bond acceptors (Lipinski definition) is 4. The molecule has 0 bridgehead atoms. The van der Waals surface area contributed by atoms with Gasteiger partial charge in [-0.1, -0.05) is 0 Å². The Morgan fingerprint density at radius 3 is 2.62 bits per heavy atom. The Morgan fingerprint density at radius 1 is 1.56 bits per heavy atom. The molecule has 2 atom stereocenters. The number of aryl methyl sites for hydroxylation is 2. The fourth-order valence-corrected chi connectivity index (χ4v) is 2.13. The van der Waals surface area contributed by atoms with E-state index in [2.05, 4.69) is 5.10 Å². The van der Waals surface area contributed by atoms with E-state index < -0.39 is 0 Å². The highest BCUT2D eigenvalue weighted by Gasteiger charge is 2.25. The van der Waals surface area contributed by atoms with Crippen molar-refractivity contribution in [2.45, 2.75) is 32.2 Å². The molecule has 1 rings (SSSR count). The summed E-state index contributed by atoms with van der Waals surface area (Å²) in [5.74, 6) is 0.807. The number of methoxy groups -OCH3 is 1. The normalized spacial score (nSPS) is 14.9. The fourth-order valence-electron chi connectivity index (χ4n) is 2.13. The van der Waals surface area contributed by atoms with E-state index in [1.165, 1.54) is 0 Å². The number of nitrogens with two attached hydrogens (primary N) is 1. The first-order valence-electron chi connectivity index (χ1n) is 5.46. The summed E-state index contributed by atoms with van der Waals surface area (Å²) in [5.41, 5.74) is 7.87. The van der Waals surface area contributed by atoms with Gasteiger partial charge in [-0.2, -0.15) is 5.10 Å². The molecule has 0 spiro atoms. The van der Waals surface area contributed by atoms with E-state index in [0.717, 1.165) is 17.1 Å². The van der Waals surface area contributed by atoms with Gasteiger partial charge in [-0.3, -0.25) is 0 Å². The molecular weight excluding hydrogens is 206 g/mol. The van der Waals surface area contributed by atoms with Gasteiger partial charge in [0.1, 0.15) is 0 Å². The molecule has 16 heavy (non-hydrogen) atoms. The molecule has 3 N–H and O–H groups in total. The highest BCUT2D eigenvalue weighted by Crippen LogP contribution is 2.33. The number of aromatic nitrogens is 2. The van der Waals surface area contributed by atoms with Gasteiger partial charge >= 0.3 is 0 Å². The number of nitrogens with zero attached hydrogens (tertiary/aromatic N) is 2. The zero-order valence-electron chi connectivity index (χ0n) is 10.4. The second-order valence-corrected chi connectivity index (χ2v) is 4.11. The molecule has 0 amide bonds. The van der Waals surface area contributed by atoms with Crippen LogP contribution in [0.25, 0.3) is 0 Å². The predicted molar refractivity (Wildman–Crippen MR) is 62.6 cm³/mol. The smallest absolute Gasteiger partial charge is 0.215 e. The molecule has 1 aromatic heterocycles. The van der Waals surface area contributed by atoms with Crippen LogP contribution in [0.3, 0.4) is 0 Å². The number of ether oxygens (including phenoxy) is 1. The van der Waals surface area contributed by atoms with Crippen LogP contribution >= 0.6 is 0 Å². The molecule has 0 aliphatic carbocycles. The zero-order chi connectivity index (χ0) is 12.3. The van der Waals surface area contributed by atoms with E-state index in [1.807, 2.05) is 20.9 Å². The summed E-state index contributed by atoms with van der Waals surface area (Å²) >= 11 is 0. The summed E-state index contributed by atoms with van der Waals surface area (Å²) in [6.45, 7) is 3.99. The standard InChI is InChI=1S/C11H21N3O2/c1-7(12)9(5-6-15)10-8(2)13-14(3)11(10)16-4/h7,9,15H,5-6,12H2,1-4H3. The third-order valence-corrected chi connectivity index (χ3v) is 2.85. The molecule has 0 saturated carbocycles. The summed E-state index contributed by atoms with van der Waals surface area (Å²) in [6, 6.07) is -0.0380. The van der Waals surface area contributed by atoms with Crippen LogP contribution in [0.2, 0.25) is 0 Å². The van der Waals surface area contributed by atoms with Gasteiger partial charge in [-0.25, -0.2) is 4.68 Å². The maximum absolute atomic E-state index is 9.08. The topological polar surface area (TPSA) is 73.3 Å². The van der Waals surface area contributed by atoms with Gasteiger partial charge < -0.3 is 15.6 Å². The SMILES string of the molecule is COc1c(C(CCO)C(C)N)c(C)nn1C. The molecule has 5 nitrogen and oxygen atoms in total. The Morgan fingerprint density at radius 2 is 2.19 bits per heavy atom. The van der Waals surface area contributed by atoms with Gasteiger partial charge in [0.15, 0.2) is 0 Å². The molecule has 0 saturated heterocycles. The summed E-state index contributed by atoms with van der Waals surface area (Å²) in [6.07, 6.45) is 0.626. The van der Waals surface area contributed by atoms with E-state index >= 15 is 0 Å². The number of hydrogen-bond donors (Lipinski definition) is 2. The Bertz CT molecular complexity index is 347. The van der Waals surface area contributed by atoms with Crippen LogP contribution in [0.15, 0.2) is 0 Å². The maximum atomic E-state index is 9.08. The first kappa shape index (κ1) is 13.0. The second-order valence-electron chi connectivity index (χ2n) is 4.11. The Labute approximate surface area is 96.2 Å². The van der Waals surface area contributed by atoms with Crippen molar-refractivity contribution in [2.24, 2.45) is 12.8 Å². The lowest BCUT2D eigenvalue weighted by molar-refractivity contribution is 0.266. The molecule has 0 aromatic carbocycles. The Hall–Kier alpha value is -1.07. The minimum absolute atomic E-state index is 0.0380. The van der Waals surface area contributed by atoms with Crippen molar-refractivity contribution in [1.29, 1.82) is 0 Å². The largest absolute Gasteiger partial charge is 0.481 e. The van der Waals surface area contributed by atoms with Crippen molar-refractivity contribution in [3.8, 4) is 5.88 Å². The van der Waals surface area contributed by atoms with Gasteiger partial charge in [0, 0.05) is 31.2 Å². The van der Waals surface area contributed by atoms with E-state index in [1.54, 1.807) is 11.8 Å². The third-order valence-electron chi connectivity index (χ3n) is 2.85. The van der Waals surface area contributed by atoms with E-state index in [-0.39, 0.29) is 18.6 Å². The maximum Gasteiger partial charge on any atom is 0.215 e. The molecule has 2 unspecified atom stereocenters. The molecule has 0 aliphatic heterocycles. The van der Waals surface area contributed by atoms with Crippen LogP contribution in [-0.4, -0.2) is 34.6 Å². The van der Waals surface area contributed by atoms with Gasteiger partial charge in [-0.05, 0) is 20.3 Å². The Balaban J connectivity index is 3.16. The zero-order valence-corrected chi connectivity index (χ0v) is 10.4. The van der Waals surface area contributed by atoms with Crippen molar-refractivity contribution in [3.63, 3.8) is 0 Å². The number of aliphatic hydroxyl groups is 1. The molecule has 0 radical (unpaired) electrons. The van der Waals surface area contributed by atoms with Crippen LogP contribution in [0.4, 0.5) is 0 Å². The van der Waals surface area contributed by atoms with Crippen LogP contribution in [-0.2, 0) is 7.05 Å². The van der Waals surface area contributed by atoms with Gasteiger partial charge in [0.2, 0.25) is 5.88 Å². The highest BCUT2D eigenvalue weighted by molar-refractivity contribution is 5.35. The molecule has 5 heteroatoms. The monoisotopic (exact) mass is 227 g/mol. The van der Waals surface area contributed by atoms with Crippen LogP contribution in [0.1, 0.15) is 30.5 Å². The van der Waals surface area contributed by atoms with E-state index in [0.29, 0.717) is 6.42 Å². The highest BCUT2D eigenvalue weighted by atomic mass is 16.5. The average Bonchev–Trinajstić information content (AvgIpc) is 2.49. The quantitative estimate of drug-likeness (QED) is 0.770. The third kappa shape index (κ3) is 2.36. The summed E-state index contributed by atoms with van der Waals surface area (Å²) in [7, 11) is 3.46. The van der Waals surface area contributed by atoms with Gasteiger partial charge in [0.25, 0.3) is 0 Å².